The number of piperidine rings is 1. The quantitative estimate of drug-likeness (QED) is 0.607. The van der Waals surface area contributed by atoms with E-state index in [2.05, 4.69) is 25.8 Å². The van der Waals surface area contributed by atoms with Crippen molar-refractivity contribution in [3.63, 3.8) is 0 Å². The molecule has 4 atom stereocenters. The van der Waals surface area contributed by atoms with Gasteiger partial charge in [-0.15, -0.1) is 5.75 Å². The molecule has 0 amide bonds. The predicted octanol–water partition coefficient (Wildman–Crippen LogP) is 3.15. The third-order valence-corrected chi connectivity index (χ3v) is 7.02. The van der Waals surface area contributed by atoms with Crippen molar-refractivity contribution in [2.45, 2.75) is 50.0 Å². The van der Waals surface area contributed by atoms with Crippen LogP contribution in [0, 0.1) is 5.92 Å². The van der Waals surface area contributed by atoms with Crippen LogP contribution in [0.2, 0.25) is 0 Å². The summed E-state index contributed by atoms with van der Waals surface area (Å²) in [7, 11) is 2.43. The molecular formula is C20H27NO. The molecule has 4 rings (SSSR count). The molecule has 0 N–H and O–H groups in total. The van der Waals surface area contributed by atoms with Gasteiger partial charge in [0.2, 0.25) is 0 Å². The highest BCUT2D eigenvalue weighted by Crippen LogP contribution is 2.57. The second-order valence-corrected chi connectivity index (χ2v) is 8.02. The van der Waals surface area contributed by atoms with Gasteiger partial charge in [-0.3, -0.25) is 0 Å². The van der Waals surface area contributed by atoms with E-state index in [0.717, 1.165) is 23.4 Å². The molecule has 1 saturated heterocycles. The van der Waals surface area contributed by atoms with E-state index in [-0.39, 0.29) is 5.75 Å². The van der Waals surface area contributed by atoms with Gasteiger partial charge in [0.15, 0.2) is 0 Å². The van der Waals surface area contributed by atoms with Crippen LogP contribution in [0.4, 0.5) is 0 Å². The van der Waals surface area contributed by atoms with Gasteiger partial charge in [0, 0.05) is 24.2 Å². The zero-order valence-electron chi connectivity index (χ0n) is 13.7. The molecule has 2 fully saturated rings. The van der Waals surface area contributed by atoms with Gasteiger partial charge in [-0.1, -0.05) is 37.6 Å². The molecule has 0 spiro atoms. The number of hydrogen-bond donors (Lipinski definition) is 0. The molecule has 3 aliphatic rings. The fourth-order valence-corrected chi connectivity index (χ4v) is 5.97. The van der Waals surface area contributed by atoms with E-state index in [1.807, 2.05) is 6.07 Å². The predicted molar refractivity (Wildman–Crippen MR) is 87.7 cm³/mol. The Labute approximate surface area is 134 Å². The Bertz CT molecular complexity index is 610. The maximum atomic E-state index is 12.0. The largest absolute Gasteiger partial charge is 0.872 e. The smallest absolute Gasteiger partial charge is 0.0971 e. The standard InChI is InChI=1S/C20H27NO/c1-3-11-21(2)12-10-20-9-5-4-6-17(20)19(21)13-15-7-8-16(22)14-18(15)20/h3,7-8,14,17,19H,1,4-6,9-13H2,2H3/t17-,19-,20-,21-/m0/s1. The van der Waals surface area contributed by atoms with E-state index >= 15 is 0 Å². The summed E-state index contributed by atoms with van der Waals surface area (Å²) in [5, 5.41) is 12.0. The molecule has 0 unspecified atom stereocenters. The molecule has 118 valence electrons. The molecule has 1 aromatic rings. The lowest BCUT2D eigenvalue weighted by Crippen LogP contribution is -2.68. The maximum Gasteiger partial charge on any atom is 0.0971 e. The molecule has 1 heterocycles. The Morgan fingerprint density at radius 2 is 2.23 bits per heavy atom. The molecule has 2 aliphatic carbocycles. The van der Waals surface area contributed by atoms with Gasteiger partial charge >= 0.3 is 0 Å². The van der Waals surface area contributed by atoms with Crippen molar-refractivity contribution in [3.05, 3.63) is 42.0 Å². The second-order valence-electron chi connectivity index (χ2n) is 8.02. The zero-order chi connectivity index (χ0) is 15.4. The van der Waals surface area contributed by atoms with E-state index in [1.54, 1.807) is 6.07 Å². The first-order valence-electron chi connectivity index (χ1n) is 8.85. The molecule has 2 bridgehead atoms. The van der Waals surface area contributed by atoms with Gasteiger partial charge in [-0.05, 0) is 30.0 Å². The van der Waals surface area contributed by atoms with Crippen molar-refractivity contribution < 1.29 is 9.59 Å². The van der Waals surface area contributed by atoms with Crippen LogP contribution in [0.5, 0.6) is 5.75 Å². The summed E-state index contributed by atoms with van der Waals surface area (Å²) in [4.78, 5) is 0. The number of nitrogens with zero attached hydrogens (tertiary/aromatic N) is 1. The molecule has 22 heavy (non-hydrogen) atoms. The SMILES string of the molecule is C=CC[N@@+]1(C)CC[C@@]23CCCC[C@H]2[C@@H]1Cc1ccc([O-])cc13. The fourth-order valence-electron chi connectivity index (χ4n) is 5.97. The van der Waals surface area contributed by atoms with E-state index < -0.39 is 0 Å². The number of rotatable bonds is 2. The summed E-state index contributed by atoms with van der Waals surface area (Å²) in [6, 6.07) is 6.58. The van der Waals surface area contributed by atoms with Gasteiger partial charge in [-0.25, -0.2) is 0 Å². The highest BCUT2D eigenvalue weighted by Gasteiger charge is 2.58. The fraction of sp³-hybridized carbons (Fsp3) is 0.600. The minimum atomic E-state index is 0.199. The highest BCUT2D eigenvalue weighted by atomic mass is 16.3. The summed E-state index contributed by atoms with van der Waals surface area (Å²) < 4.78 is 1.15. The Morgan fingerprint density at radius 3 is 3.05 bits per heavy atom. The normalized spacial score (nSPS) is 39.7. The van der Waals surface area contributed by atoms with Crippen LogP contribution in [0.25, 0.3) is 0 Å². The van der Waals surface area contributed by atoms with Crippen molar-refractivity contribution in [1.82, 2.24) is 0 Å². The summed E-state index contributed by atoms with van der Waals surface area (Å²) in [6.45, 7) is 6.31. The summed E-state index contributed by atoms with van der Waals surface area (Å²) >= 11 is 0. The third-order valence-electron chi connectivity index (χ3n) is 7.02. The number of benzene rings is 1. The van der Waals surface area contributed by atoms with Crippen molar-refractivity contribution in [2.24, 2.45) is 5.92 Å². The molecule has 1 aromatic carbocycles. The van der Waals surface area contributed by atoms with Gasteiger partial charge in [0.05, 0.1) is 26.2 Å². The monoisotopic (exact) mass is 297 g/mol. The average Bonchev–Trinajstić information content (AvgIpc) is 2.52. The lowest BCUT2D eigenvalue weighted by atomic mass is 9.52. The van der Waals surface area contributed by atoms with Gasteiger partial charge in [0.1, 0.15) is 0 Å². The Hall–Kier alpha value is -1.28. The molecule has 0 radical (unpaired) electrons. The van der Waals surface area contributed by atoms with Crippen molar-refractivity contribution in [2.75, 3.05) is 20.1 Å². The molecule has 2 heteroatoms. The molecule has 1 saturated carbocycles. The average molecular weight is 297 g/mol. The number of hydrogen-bond acceptors (Lipinski definition) is 1. The summed E-state index contributed by atoms with van der Waals surface area (Å²) in [5.41, 5.74) is 3.18. The molecule has 2 nitrogen and oxygen atoms in total. The Balaban J connectivity index is 1.87. The highest BCUT2D eigenvalue weighted by molar-refractivity contribution is 5.44. The molecule has 0 aromatic heterocycles. The first-order valence-corrected chi connectivity index (χ1v) is 8.85. The van der Waals surface area contributed by atoms with Crippen LogP contribution < -0.4 is 5.11 Å². The number of likely N-dealkylation sites (N-methyl/N-ethyl adjacent to an activating group) is 1. The molecular weight excluding hydrogens is 270 g/mol. The second kappa shape index (κ2) is 4.86. The van der Waals surface area contributed by atoms with E-state index in [9.17, 15) is 5.11 Å². The lowest BCUT2D eigenvalue weighted by molar-refractivity contribution is -0.940. The van der Waals surface area contributed by atoms with E-state index in [0.29, 0.717) is 11.5 Å². The minimum Gasteiger partial charge on any atom is -0.872 e. The first kappa shape index (κ1) is 14.3. The topological polar surface area (TPSA) is 23.1 Å². The molecule has 1 aliphatic heterocycles. The van der Waals surface area contributed by atoms with Crippen LogP contribution in [0.1, 0.15) is 43.2 Å². The first-order chi connectivity index (χ1) is 10.6. The van der Waals surface area contributed by atoms with E-state index in [1.165, 1.54) is 49.8 Å². The van der Waals surface area contributed by atoms with Crippen LogP contribution in [-0.4, -0.2) is 30.7 Å². The van der Waals surface area contributed by atoms with Crippen molar-refractivity contribution in [1.29, 1.82) is 0 Å². The Morgan fingerprint density at radius 1 is 1.36 bits per heavy atom. The summed E-state index contributed by atoms with van der Waals surface area (Å²) in [5.74, 6) is 0.957. The minimum absolute atomic E-state index is 0.199. The van der Waals surface area contributed by atoms with Crippen molar-refractivity contribution >= 4 is 0 Å². The maximum absolute atomic E-state index is 12.0. The van der Waals surface area contributed by atoms with Gasteiger partial charge in [-0.2, -0.15) is 0 Å². The third kappa shape index (κ3) is 1.83. The van der Waals surface area contributed by atoms with Crippen LogP contribution in [-0.2, 0) is 11.8 Å². The van der Waals surface area contributed by atoms with Crippen LogP contribution >= 0.6 is 0 Å². The van der Waals surface area contributed by atoms with Crippen LogP contribution in [0.3, 0.4) is 0 Å². The number of likely N-dealkylation sites (tertiary alicyclic amines) is 1. The van der Waals surface area contributed by atoms with E-state index in [4.69, 9.17) is 0 Å². The van der Waals surface area contributed by atoms with Crippen molar-refractivity contribution in [3.8, 4) is 5.75 Å². The van der Waals surface area contributed by atoms with Crippen LogP contribution in [0.15, 0.2) is 30.9 Å². The number of fused-ring (bicyclic) bond motifs is 1. The Kier molecular flexibility index (Phi) is 3.16. The number of quaternary nitrogens is 1. The van der Waals surface area contributed by atoms with Gasteiger partial charge in [0.25, 0.3) is 0 Å². The van der Waals surface area contributed by atoms with Gasteiger partial charge < -0.3 is 9.59 Å². The summed E-state index contributed by atoms with van der Waals surface area (Å²) in [6.07, 6.45) is 9.82. The lowest BCUT2D eigenvalue weighted by Gasteiger charge is -2.61. The zero-order valence-corrected chi connectivity index (χ0v) is 13.7.